The molecule has 2 N–H and O–H groups in total. The van der Waals surface area contributed by atoms with Crippen LogP contribution in [0.5, 0.6) is 5.88 Å². The lowest BCUT2D eigenvalue weighted by Crippen LogP contribution is -2.50. The van der Waals surface area contributed by atoms with Crippen LogP contribution in [0.4, 0.5) is 4.39 Å². The summed E-state index contributed by atoms with van der Waals surface area (Å²) in [6.07, 6.45) is 0.0960. The van der Waals surface area contributed by atoms with Gasteiger partial charge in [-0.05, 0) is 44.2 Å². The highest BCUT2D eigenvalue weighted by Crippen LogP contribution is 2.27. The first-order valence-electron chi connectivity index (χ1n) is 11.4. The largest absolute Gasteiger partial charge is 0.472 e. The zero-order valence-electron chi connectivity index (χ0n) is 20.2. The van der Waals surface area contributed by atoms with Crippen LogP contribution < -0.4 is 4.74 Å². The van der Waals surface area contributed by atoms with Crippen LogP contribution in [0.25, 0.3) is 0 Å². The van der Waals surface area contributed by atoms with E-state index in [-0.39, 0.29) is 48.9 Å². The summed E-state index contributed by atoms with van der Waals surface area (Å²) in [5.74, 6) is 4.23. The second-order valence-electron chi connectivity index (χ2n) is 8.84. The average molecular weight is 484 g/mol. The molecule has 0 unspecified atom stereocenters. The molecule has 186 valence electrons. The van der Waals surface area contributed by atoms with Crippen LogP contribution in [0, 0.1) is 23.6 Å². The summed E-state index contributed by atoms with van der Waals surface area (Å²) in [5.41, 5.74) is 0.969. The van der Waals surface area contributed by atoms with E-state index in [1.807, 2.05) is 6.92 Å². The van der Waals surface area contributed by atoms with E-state index in [9.17, 15) is 24.2 Å². The van der Waals surface area contributed by atoms with Crippen LogP contribution in [-0.2, 0) is 0 Å². The SMILES string of the molecule is C[C@H](O)C#Cc1cnc2c(c1)C(=O)N([C@@H](C)CO)C[C@@H](C)[C@@H](CN(C)C(=O)c1ccc(F)cc1)O2. The van der Waals surface area contributed by atoms with Crippen molar-refractivity contribution in [1.82, 2.24) is 14.8 Å². The van der Waals surface area contributed by atoms with Crippen molar-refractivity contribution < 1.29 is 28.9 Å². The summed E-state index contributed by atoms with van der Waals surface area (Å²) in [6, 6.07) is 6.40. The molecule has 1 aromatic heterocycles. The van der Waals surface area contributed by atoms with E-state index in [2.05, 4.69) is 16.8 Å². The molecule has 8 nitrogen and oxygen atoms in total. The van der Waals surface area contributed by atoms with Crippen molar-refractivity contribution in [3.8, 4) is 17.7 Å². The number of benzene rings is 1. The third-order valence-corrected chi connectivity index (χ3v) is 5.84. The minimum absolute atomic E-state index is 0.104. The summed E-state index contributed by atoms with van der Waals surface area (Å²) in [7, 11) is 1.63. The molecular weight excluding hydrogens is 453 g/mol. The summed E-state index contributed by atoms with van der Waals surface area (Å²) in [5, 5.41) is 19.2. The van der Waals surface area contributed by atoms with Gasteiger partial charge in [0, 0.05) is 36.8 Å². The Morgan fingerprint density at radius 1 is 1.34 bits per heavy atom. The molecule has 1 aliphatic rings. The van der Waals surface area contributed by atoms with Crippen LogP contribution in [0.2, 0.25) is 0 Å². The van der Waals surface area contributed by atoms with Gasteiger partial charge in [0.05, 0.1) is 19.2 Å². The Kier molecular flexibility index (Phi) is 8.43. The molecule has 0 spiro atoms. The first kappa shape index (κ1) is 26.1. The van der Waals surface area contributed by atoms with Gasteiger partial charge < -0.3 is 24.7 Å². The molecule has 0 saturated heterocycles. The van der Waals surface area contributed by atoms with Crippen LogP contribution in [0.1, 0.15) is 47.1 Å². The van der Waals surface area contributed by atoms with E-state index in [1.54, 1.807) is 24.9 Å². The molecule has 1 aliphatic heterocycles. The van der Waals surface area contributed by atoms with Crippen LogP contribution in [0.3, 0.4) is 0 Å². The van der Waals surface area contributed by atoms with Gasteiger partial charge in [-0.1, -0.05) is 18.8 Å². The van der Waals surface area contributed by atoms with Gasteiger partial charge in [0.15, 0.2) is 0 Å². The Morgan fingerprint density at radius 2 is 2.03 bits per heavy atom. The molecule has 1 aromatic carbocycles. The van der Waals surface area contributed by atoms with E-state index in [4.69, 9.17) is 4.74 Å². The van der Waals surface area contributed by atoms with Gasteiger partial charge in [-0.3, -0.25) is 9.59 Å². The molecule has 4 atom stereocenters. The fraction of sp³-hybridized carbons (Fsp3) is 0.423. The van der Waals surface area contributed by atoms with E-state index in [0.29, 0.717) is 11.1 Å². The molecule has 0 aliphatic carbocycles. The van der Waals surface area contributed by atoms with Crippen molar-refractivity contribution in [2.75, 3.05) is 26.7 Å². The number of aliphatic hydroxyl groups excluding tert-OH is 2. The van der Waals surface area contributed by atoms with Crippen molar-refractivity contribution in [3.63, 3.8) is 0 Å². The highest BCUT2D eigenvalue weighted by molar-refractivity contribution is 5.97. The third kappa shape index (κ3) is 6.35. The van der Waals surface area contributed by atoms with E-state index < -0.39 is 24.1 Å². The van der Waals surface area contributed by atoms with Gasteiger partial charge >= 0.3 is 0 Å². The molecule has 0 saturated carbocycles. The van der Waals surface area contributed by atoms with Gasteiger partial charge in [-0.2, -0.15) is 0 Å². The van der Waals surface area contributed by atoms with Crippen LogP contribution >= 0.6 is 0 Å². The average Bonchev–Trinajstić information content (AvgIpc) is 2.84. The number of hydrogen-bond acceptors (Lipinski definition) is 6. The first-order chi connectivity index (χ1) is 16.6. The minimum atomic E-state index is -0.839. The Bertz CT molecular complexity index is 1130. The fourth-order valence-electron chi connectivity index (χ4n) is 3.74. The Morgan fingerprint density at radius 3 is 2.66 bits per heavy atom. The predicted molar refractivity (Wildman–Crippen MR) is 127 cm³/mol. The number of carbonyl (C=O) groups excluding carboxylic acids is 2. The first-order valence-corrected chi connectivity index (χ1v) is 11.4. The number of fused-ring (bicyclic) bond motifs is 1. The van der Waals surface area contributed by atoms with Crippen molar-refractivity contribution in [3.05, 3.63) is 59.0 Å². The molecule has 0 radical (unpaired) electrons. The second-order valence-corrected chi connectivity index (χ2v) is 8.84. The molecule has 9 heteroatoms. The van der Waals surface area contributed by atoms with E-state index in [1.165, 1.54) is 42.3 Å². The van der Waals surface area contributed by atoms with Crippen molar-refractivity contribution in [2.24, 2.45) is 5.92 Å². The number of ether oxygens (including phenoxy) is 1. The number of halogens is 1. The Labute approximate surface area is 204 Å². The third-order valence-electron chi connectivity index (χ3n) is 5.84. The topological polar surface area (TPSA) is 103 Å². The van der Waals surface area contributed by atoms with Crippen molar-refractivity contribution in [2.45, 2.75) is 39.0 Å². The number of carbonyl (C=O) groups is 2. The number of hydrogen-bond donors (Lipinski definition) is 2. The lowest BCUT2D eigenvalue weighted by molar-refractivity contribution is 0.0313. The number of aliphatic hydroxyl groups is 2. The molecular formula is C26H30FN3O5. The van der Waals surface area contributed by atoms with Crippen LogP contribution in [0.15, 0.2) is 36.5 Å². The molecule has 2 aromatic rings. The monoisotopic (exact) mass is 483 g/mol. The summed E-state index contributed by atoms with van der Waals surface area (Å²) in [4.78, 5) is 33.6. The predicted octanol–water partition coefficient (Wildman–Crippen LogP) is 1.95. The molecule has 3 rings (SSSR count). The number of likely N-dealkylation sites (N-methyl/N-ethyl adjacent to an activating group) is 1. The number of nitrogens with zero attached hydrogens (tertiary/aromatic N) is 3. The zero-order valence-corrected chi connectivity index (χ0v) is 20.2. The molecule has 0 bridgehead atoms. The summed E-state index contributed by atoms with van der Waals surface area (Å²) < 4.78 is 19.4. The number of pyridine rings is 1. The maximum atomic E-state index is 13.4. The highest BCUT2D eigenvalue weighted by Gasteiger charge is 2.34. The fourth-order valence-corrected chi connectivity index (χ4v) is 3.74. The van der Waals surface area contributed by atoms with E-state index in [0.717, 1.165) is 0 Å². The van der Waals surface area contributed by atoms with Gasteiger partial charge in [0.2, 0.25) is 5.88 Å². The number of amides is 2. The smallest absolute Gasteiger partial charge is 0.259 e. The summed E-state index contributed by atoms with van der Waals surface area (Å²) >= 11 is 0. The molecule has 0 fully saturated rings. The summed E-state index contributed by atoms with van der Waals surface area (Å²) in [6.45, 7) is 5.43. The lowest BCUT2D eigenvalue weighted by Gasteiger charge is -2.37. The number of rotatable bonds is 5. The molecule has 2 amide bonds. The zero-order chi connectivity index (χ0) is 25.7. The highest BCUT2D eigenvalue weighted by atomic mass is 19.1. The standard InChI is InChI=1S/C26H30FN3O5/c1-16-13-30(17(2)15-31)26(34)22-11-19(6-5-18(3)32)12-28-24(22)35-23(16)14-29(4)25(33)20-7-9-21(27)10-8-20/h7-12,16-18,23,31-32H,13-15H2,1-4H3/t16-,17+,18+,23-/m1/s1. The van der Waals surface area contributed by atoms with E-state index >= 15 is 0 Å². The van der Waals surface area contributed by atoms with Gasteiger partial charge in [0.25, 0.3) is 11.8 Å². The molecule has 35 heavy (non-hydrogen) atoms. The maximum Gasteiger partial charge on any atom is 0.259 e. The quantitative estimate of drug-likeness (QED) is 0.631. The van der Waals surface area contributed by atoms with Crippen molar-refractivity contribution >= 4 is 11.8 Å². The Balaban J connectivity index is 1.94. The van der Waals surface area contributed by atoms with Crippen LogP contribution in [-0.4, -0.2) is 81.8 Å². The van der Waals surface area contributed by atoms with Gasteiger partial charge in [-0.25, -0.2) is 9.37 Å². The number of aromatic nitrogens is 1. The molecule has 2 heterocycles. The Hall–Kier alpha value is -3.48. The van der Waals surface area contributed by atoms with Crippen molar-refractivity contribution in [1.29, 1.82) is 0 Å². The lowest BCUT2D eigenvalue weighted by atomic mass is 9.99. The van der Waals surface area contributed by atoms with Gasteiger partial charge in [-0.15, -0.1) is 0 Å². The second kappa shape index (κ2) is 11.3. The normalized spacial score (nSPS) is 19.3. The minimum Gasteiger partial charge on any atom is -0.472 e. The van der Waals surface area contributed by atoms with Gasteiger partial charge in [0.1, 0.15) is 23.6 Å². The maximum absolute atomic E-state index is 13.4.